The third-order valence-electron chi connectivity index (χ3n) is 4.47. The van der Waals surface area contributed by atoms with Crippen molar-refractivity contribution in [1.82, 2.24) is 25.3 Å². The van der Waals surface area contributed by atoms with Gasteiger partial charge in [-0.05, 0) is 0 Å². The highest BCUT2D eigenvalue weighted by molar-refractivity contribution is 5.93. The van der Waals surface area contributed by atoms with Crippen LogP contribution in [-0.4, -0.2) is 70.4 Å². The molecule has 2 aliphatic rings. The lowest BCUT2D eigenvalue weighted by Crippen LogP contribution is -2.61. The first-order valence-electron chi connectivity index (χ1n) is 7.63. The number of carbonyl (C=O) groups excluding carboxylic acids is 3. The second kappa shape index (κ2) is 6.05. The number of amides is 3. The fourth-order valence-corrected chi connectivity index (χ4v) is 3.02. The quantitative estimate of drug-likeness (QED) is 0.784. The number of aromatic nitrogens is 2. The van der Waals surface area contributed by atoms with Crippen LogP contribution in [0.25, 0.3) is 0 Å². The number of halogens is 3. The zero-order valence-corrected chi connectivity index (χ0v) is 13.3. The Morgan fingerprint density at radius 2 is 2.00 bits per heavy atom. The molecule has 1 atom stereocenters. The van der Waals surface area contributed by atoms with E-state index in [1.54, 1.807) is 10.00 Å². The Balaban J connectivity index is 1.57. The van der Waals surface area contributed by atoms with Gasteiger partial charge in [-0.15, -0.1) is 0 Å². The molecule has 0 bridgehead atoms. The Labute approximate surface area is 140 Å². The third kappa shape index (κ3) is 3.17. The number of hydrogen-bond donors (Lipinski definition) is 2. The maximum Gasteiger partial charge on any atom is 0.432 e. The molecule has 3 rings (SSSR count). The average Bonchev–Trinajstić information content (AvgIpc) is 3.12. The summed E-state index contributed by atoms with van der Waals surface area (Å²) in [7, 11) is 1.50. The molecule has 0 saturated carbocycles. The molecule has 3 amide bonds. The van der Waals surface area contributed by atoms with Crippen LogP contribution in [0.3, 0.4) is 0 Å². The topological polar surface area (TPSA) is 98.4 Å². The molecule has 0 aliphatic carbocycles. The van der Waals surface area contributed by atoms with Gasteiger partial charge in [-0.3, -0.25) is 19.5 Å². The first-order valence-corrected chi connectivity index (χ1v) is 7.63. The Kier molecular flexibility index (Phi) is 4.17. The number of hydrogen-bond acceptors (Lipinski definition) is 4. The molecule has 1 aromatic heterocycles. The molecule has 3 heterocycles. The molecule has 0 spiro atoms. The fraction of sp³-hybridized carbons (Fsp3) is 0.571. The van der Waals surface area contributed by atoms with Crippen molar-refractivity contribution in [2.24, 2.45) is 5.92 Å². The van der Waals surface area contributed by atoms with Crippen molar-refractivity contribution in [2.45, 2.75) is 18.6 Å². The largest absolute Gasteiger partial charge is 0.432 e. The number of nitrogens with one attached hydrogen (secondary N) is 2. The van der Waals surface area contributed by atoms with Crippen LogP contribution in [0.15, 0.2) is 6.07 Å². The van der Waals surface area contributed by atoms with E-state index in [1.165, 1.54) is 11.9 Å². The second-order valence-electron chi connectivity index (χ2n) is 6.09. The number of likely N-dealkylation sites (tertiary alicyclic amines) is 2. The first kappa shape index (κ1) is 17.2. The van der Waals surface area contributed by atoms with Crippen LogP contribution in [0, 0.1) is 5.92 Å². The smallest absolute Gasteiger partial charge is 0.359 e. The molecule has 11 heteroatoms. The number of aromatic amines is 1. The summed E-state index contributed by atoms with van der Waals surface area (Å²) in [6.07, 6.45) is -4.47. The lowest BCUT2D eigenvalue weighted by Gasteiger charge is -2.43. The maximum atomic E-state index is 12.5. The maximum absolute atomic E-state index is 12.5. The number of nitrogens with zero attached hydrogens (tertiary/aromatic N) is 3. The van der Waals surface area contributed by atoms with Crippen LogP contribution in [0.1, 0.15) is 22.6 Å². The minimum atomic E-state index is -4.60. The van der Waals surface area contributed by atoms with Crippen LogP contribution in [0.4, 0.5) is 13.2 Å². The van der Waals surface area contributed by atoms with Crippen molar-refractivity contribution < 1.29 is 27.6 Å². The molecule has 25 heavy (non-hydrogen) atoms. The highest BCUT2D eigenvalue weighted by Gasteiger charge is 2.44. The number of rotatable bonds is 3. The van der Waals surface area contributed by atoms with Gasteiger partial charge < -0.3 is 15.1 Å². The molecule has 136 valence electrons. The van der Waals surface area contributed by atoms with Crippen molar-refractivity contribution in [2.75, 3.05) is 26.7 Å². The van der Waals surface area contributed by atoms with Crippen LogP contribution < -0.4 is 5.32 Å². The van der Waals surface area contributed by atoms with E-state index in [0.29, 0.717) is 6.07 Å². The molecule has 2 saturated heterocycles. The van der Waals surface area contributed by atoms with Gasteiger partial charge in [0, 0.05) is 39.2 Å². The lowest BCUT2D eigenvalue weighted by atomic mass is 10.1. The summed E-state index contributed by atoms with van der Waals surface area (Å²) in [5.41, 5.74) is -1.40. The van der Waals surface area contributed by atoms with Gasteiger partial charge in [0.2, 0.25) is 11.8 Å². The van der Waals surface area contributed by atoms with Gasteiger partial charge in [0.15, 0.2) is 5.69 Å². The summed E-state index contributed by atoms with van der Waals surface area (Å²) >= 11 is 0. The van der Waals surface area contributed by atoms with Gasteiger partial charge >= 0.3 is 6.18 Å². The van der Waals surface area contributed by atoms with Gasteiger partial charge in [-0.1, -0.05) is 0 Å². The summed E-state index contributed by atoms with van der Waals surface area (Å²) in [6, 6.07) is 0.435. The van der Waals surface area contributed by atoms with E-state index >= 15 is 0 Å². The molecule has 1 unspecified atom stereocenters. The standard InChI is InChI=1S/C14H16F3N5O3/c1-18-12(24)7-2-11(23)22(4-7)8-5-21(6-8)13(25)9-3-10(20-19-9)14(15,16)17/h3,7-8H,2,4-6H2,1H3,(H,18,24)(H,19,20). The fourth-order valence-electron chi connectivity index (χ4n) is 3.02. The predicted molar refractivity (Wildman–Crippen MR) is 77.2 cm³/mol. The van der Waals surface area contributed by atoms with Gasteiger partial charge in [0.25, 0.3) is 5.91 Å². The molecule has 2 aliphatic heterocycles. The minimum Gasteiger partial charge on any atom is -0.359 e. The van der Waals surface area contributed by atoms with E-state index in [4.69, 9.17) is 0 Å². The van der Waals surface area contributed by atoms with Gasteiger partial charge in [-0.2, -0.15) is 18.3 Å². The summed E-state index contributed by atoms with van der Waals surface area (Å²) in [6.45, 7) is 0.699. The molecule has 0 aromatic carbocycles. The van der Waals surface area contributed by atoms with Crippen molar-refractivity contribution in [3.63, 3.8) is 0 Å². The Hall–Kier alpha value is -2.59. The zero-order chi connectivity index (χ0) is 18.4. The average molecular weight is 359 g/mol. The van der Waals surface area contributed by atoms with Crippen molar-refractivity contribution in [3.05, 3.63) is 17.5 Å². The second-order valence-corrected chi connectivity index (χ2v) is 6.09. The van der Waals surface area contributed by atoms with Gasteiger partial charge in [0.05, 0.1) is 12.0 Å². The zero-order valence-electron chi connectivity index (χ0n) is 13.3. The lowest BCUT2D eigenvalue weighted by molar-refractivity contribution is -0.141. The highest BCUT2D eigenvalue weighted by atomic mass is 19.4. The number of carbonyl (C=O) groups is 3. The van der Waals surface area contributed by atoms with Crippen molar-refractivity contribution in [3.8, 4) is 0 Å². The van der Waals surface area contributed by atoms with E-state index in [9.17, 15) is 27.6 Å². The van der Waals surface area contributed by atoms with E-state index in [0.717, 1.165) is 0 Å². The van der Waals surface area contributed by atoms with E-state index in [2.05, 4.69) is 10.4 Å². The van der Waals surface area contributed by atoms with Crippen molar-refractivity contribution >= 4 is 17.7 Å². The Bertz CT molecular complexity index is 711. The summed E-state index contributed by atoms with van der Waals surface area (Å²) in [5.74, 6) is -1.41. The van der Waals surface area contributed by atoms with Crippen LogP contribution in [-0.2, 0) is 15.8 Å². The first-order chi connectivity index (χ1) is 11.7. The molecule has 1 aromatic rings. The molecular weight excluding hydrogens is 343 g/mol. The molecular formula is C14H16F3N5O3. The monoisotopic (exact) mass is 359 g/mol. The summed E-state index contributed by atoms with van der Waals surface area (Å²) < 4.78 is 37.6. The third-order valence-corrected chi connectivity index (χ3v) is 4.47. The van der Waals surface area contributed by atoms with Crippen LogP contribution >= 0.6 is 0 Å². The SMILES string of the molecule is CNC(=O)C1CC(=O)N(C2CN(C(=O)c3cc(C(F)(F)F)[nH]n3)C2)C1. The molecule has 2 N–H and O–H groups in total. The van der Waals surface area contributed by atoms with E-state index in [-0.39, 0.29) is 49.6 Å². The highest BCUT2D eigenvalue weighted by Crippen LogP contribution is 2.29. The van der Waals surface area contributed by atoms with E-state index in [1.807, 2.05) is 0 Å². The predicted octanol–water partition coefficient (Wildman–Crippen LogP) is -0.153. The minimum absolute atomic E-state index is 0.123. The molecule has 8 nitrogen and oxygen atoms in total. The summed E-state index contributed by atoms with van der Waals surface area (Å²) in [5, 5.41) is 7.70. The van der Waals surface area contributed by atoms with Crippen LogP contribution in [0.2, 0.25) is 0 Å². The summed E-state index contributed by atoms with van der Waals surface area (Å²) in [4.78, 5) is 38.6. The number of H-pyrrole nitrogens is 1. The Morgan fingerprint density at radius 3 is 2.56 bits per heavy atom. The van der Waals surface area contributed by atoms with Gasteiger partial charge in [0.1, 0.15) is 5.69 Å². The van der Waals surface area contributed by atoms with E-state index < -0.39 is 23.7 Å². The molecule has 0 radical (unpaired) electrons. The van der Waals surface area contributed by atoms with Crippen molar-refractivity contribution in [1.29, 1.82) is 0 Å². The van der Waals surface area contributed by atoms with Gasteiger partial charge in [-0.25, -0.2) is 0 Å². The van der Waals surface area contributed by atoms with Crippen LogP contribution in [0.5, 0.6) is 0 Å². The normalized spacial score (nSPS) is 21.4. The molecule has 2 fully saturated rings. The number of alkyl halides is 3. The Morgan fingerprint density at radius 1 is 1.32 bits per heavy atom.